The summed E-state index contributed by atoms with van der Waals surface area (Å²) in [7, 11) is 0. The molecule has 0 unspecified atom stereocenters. The molecule has 0 aromatic carbocycles. The van der Waals surface area contributed by atoms with Crippen molar-refractivity contribution in [2.45, 2.75) is 25.9 Å². The van der Waals surface area contributed by atoms with Crippen molar-refractivity contribution in [3.63, 3.8) is 0 Å². The number of hydrogen-bond donors (Lipinski definition) is 2. The van der Waals surface area contributed by atoms with E-state index in [9.17, 15) is 9.90 Å². The van der Waals surface area contributed by atoms with Gasteiger partial charge in [0.1, 0.15) is 0 Å². The fourth-order valence-corrected chi connectivity index (χ4v) is 1.23. The molecule has 1 amide bonds. The molecule has 58 valence electrons. The molecule has 1 aliphatic heterocycles. The molecule has 1 rings (SSSR count). The molecule has 1 saturated heterocycles. The molecule has 2 N–H and O–H groups in total. The van der Waals surface area contributed by atoms with Crippen molar-refractivity contribution in [3.05, 3.63) is 0 Å². The van der Waals surface area contributed by atoms with E-state index >= 15 is 0 Å². The molecule has 1 heterocycles. The fourth-order valence-electron chi connectivity index (χ4n) is 1.23. The lowest BCUT2D eigenvalue weighted by Crippen LogP contribution is -2.43. The van der Waals surface area contributed by atoms with Crippen LogP contribution in [0.1, 0.15) is 19.8 Å². The van der Waals surface area contributed by atoms with Gasteiger partial charge in [-0.1, -0.05) is 6.92 Å². The van der Waals surface area contributed by atoms with Crippen molar-refractivity contribution in [3.8, 4) is 0 Å². The molecule has 1 fully saturated rings. The Morgan fingerprint density at radius 3 is 3.00 bits per heavy atom. The van der Waals surface area contributed by atoms with Crippen LogP contribution < -0.4 is 5.32 Å². The normalized spacial score (nSPS) is 33.6. The predicted octanol–water partition coefficient (Wildman–Crippen LogP) is -0.107. The van der Waals surface area contributed by atoms with Gasteiger partial charge in [-0.05, 0) is 6.42 Å². The summed E-state index contributed by atoms with van der Waals surface area (Å²) in [5, 5.41) is 12.0. The molecule has 1 aliphatic rings. The van der Waals surface area contributed by atoms with Gasteiger partial charge in [0.25, 0.3) is 0 Å². The average Bonchev–Trinajstić information content (AvgIpc) is 1.88. The molecule has 2 atom stereocenters. The molecule has 0 aromatic heterocycles. The Labute approximate surface area is 60.4 Å². The van der Waals surface area contributed by atoms with E-state index in [1.807, 2.05) is 6.92 Å². The minimum Gasteiger partial charge on any atom is -0.392 e. The van der Waals surface area contributed by atoms with Crippen LogP contribution >= 0.6 is 0 Å². The Morgan fingerprint density at radius 1 is 1.80 bits per heavy atom. The molecule has 0 spiro atoms. The second-order valence-corrected chi connectivity index (χ2v) is 2.74. The predicted molar refractivity (Wildman–Crippen MR) is 37.4 cm³/mol. The van der Waals surface area contributed by atoms with Crippen molar-refractivity contribution in [1.82, 2.24) is 5.32 Å². The van der Waals surface area contributed by atoms with Gasteiger partial charge in [0, 0.05) is 12.5 Å². The number of hydrogen-bond acceptors (Lipinski definition) is 2. The highest BCUT2D eigenvalue weighted by Gasteiger charge is 2.25. The van der Waals surface area contributed by atoms with Crippen molar-refractivity contribution in [2.24, 2.45) is 5.92 Å². The van der Waals surface area contributed by atoms with E-state index in [4.69, 9.17) is 0 Å². The van der Waals surface area contributed by atoms with Gasteiger partial charge in [0.2, 0.25) is 5.91 Å². The van der Waals surface area contributed by atoms with Crippen LogP contribution in [-0.4, -0.2) is 23.7 Å². The first-order valence-electron chi connectivity index (χ1n) is 3.68. The third-order valence-corrected chi connectivity index (χ3v) is 2.02. The summed E-state index contributed by atoms with van der Waals surface area (Å²) in [5.41, 5.74) is 0. The third-order valence-electron chi connectivity index (χ3n) is 2.02. The lowest BCUT2D eigenvalue weighted by atomic mass is 9.93. The lowest BCUT2D eigenvalue weighted by molar-refractivity contribution is -0.126. The number of aliphatic hydroxyl groups excluding tert-OH is 1. The van der Waals surface area contributed by atoms with Crippen LogP contribution in [0.3, 0.4) is 0 Å². The van der Waals surface area contributed by atoms with Gasteiger partial charge in [-0.3, -0.25) is 4.79 Å². The highest BCUT2D eigenvalue weighted by molar-refractivity contribution is 5.77. The van der Waals surface area contributed by atoms with E-state index in [1.54, 1.807) is 0 Å². The van der Waals surface area contributed by atoms with Crippen LogP contribution in [-0.2, 0) is 4.79 Å². The zero-order chi connectivity index (χ0) is 7.56. The number of nitrogens with one attached hydrogen (secondary N) is 1. The summed E-state index contributed by atoms with van der Waals surface area (Å²) >= 11 is 0. The first-order valence-corrected chi connectivity index (χ1v) is 3.68. The van der Waals surface area contributed by atoms with Gasteiger partial charge in [-0.15, -0.1) is 0 Å². The molecular weight excluding hydrogens is 130 g/mol. The number of rotatable bonds is 1. The van der Waals surface area contributed by atoms with Crippen molar-refractivity contribution < 1.29 is 9.90 Å². The molecule has 0 saturated carbocycles. The van der Waals surface area contributed by atoms with Gasteiger partial charge < -0.3 is 10.4 Å². The summed E-state index contributed by atoms with van der Waals surface area (Å²) in [6.45, 7) is 2.65. The molecule has 0 aliphatic carbocycles. The first kappa shape index (κ1) is 7.54. The zero-order valence-corrected chi connectivity index (χ0v) is 6.13. The molecule has 3 heteroatoms. The summed E-state index contributed by atoms with van der Waals surface area (Å²) in [6, 6.07) is 0. The summed E-state index contributed by atoms with van der Waals surface area (Å²) < 4.78 is 0. The monoisotopic (exact) mass is 143 g/mol. The standard InChI is InChI=1S/C7H13NO2/c1-2-5-4-8-7(10)3-6(5)9/h5-6,9H,2-4H2,1H3,(H,8,10)/t5-,6+/m1/s1. The van der Waals surface area contributed by atoms with Gasteiger partial charge in [0.15, 0.2) is 0 Å². The highest BCUT2D eigenvalue weighted by Crippen LogP contribution is 2.14. The molecule has 3 nitrogen and oxygen atoms in total. The van der Waals surface area contributed by atoms with E-state index < -0.39 is 6.10 Å². The Balaban J connectivity index is 2.43. The van der Waals surface area contributed by atoms with Crippen LogP contribution in [0.25, 0.3) is 0 Å². The first-order chi connectivity index (χ1) is 4.74. The van der Waals surface area contributed by atoms with Gasteiger partial charge >= 0.3 is 0 Å². The smallest absolute Gasteiger partial charge is 0.222 e. The zero-order valence-electron chi connectivity index (χ0n) is 6.13. The Kier molecular flexibility index (Phi) is 2.27. The highest BCUT2D eigenvalue weighted by atomic mass is 16.3. The number of carbonyl (C=O) groups excluding carboxylic acids is 1. The minimum atomic E-state index is -0.418. The van der Waals surface area contributed by atoms with Gasteiger partial charge in [0.05, 0.1) is 12.5 Å². The lowest BCUT2D eigenvalue weighted by Gasteiger charge is -2.26. The second-order valence-electron chi connectivity index (χ2n) is 2.74. The number of piperidine rings is 1. The van der Waals surface area contributed by atoms with E-state index in [-0.39, 0.29) is 18.2 Å². The summed E-state index contributed by atoms with van der Waals surface area (Å²) in [4.78, 5) is 10.7. The maximum Gasteiger partial charge on any atom is 0.222 e. The van der Waals surface area contributed by atoms with E-state index in [2.05, 4.69) is 5.32 Å². The maximum absolute atomic E-state index is 10.7. The molecular formula is C7H13NO2. The average molecular weight is 143 g/mol. The summed E-state index contributed by atoms with van der Waals surface area (Å²) in [6.07, 6.45) is 0.790. The Morgan fingerprint density at radius 2 is 2.50 bits per heavy atom. The number of carbonyl (C=O) groups is 1. The fraction of sp³-hybridized carbons (Fsp3) is 0.857. The van der Waals surface area contributed by atoms with E-state index in [0.29, 0.717) is 6.54 Å². The number of amides is 1. The molecule has 0 radical (unpaired) electrons. The van der Waals surface area contributed by atoms with Crippen molar-refractivity contribution in [2.75, 3.05) is 6.54 Å². The van der Waals surface area contributed by atoms with Gasteiger partial charge in [-0.2, -0.15) is 0 Å². The van der Waals surface area contributed by atoms with Crippen LogP contribution in [0.2, 0.25) is 0 Å². The second kappa shape index (κ2) is 3.01. The van der Waals surface area contributed by atoms with Gasteiger partial charge in [-0.25, -0.2) is 0 Å². The largest absolute Gasteiger partial charge is 0.392 e. The molecule has 0 bridgehead atoms. The minimum absolute atomic E-state index is 0.0304. The Hall–Kier alpha value is -0.570. The van der Waals surface area contributed by atoms with Crippen LogP contribution in [0.5, 0.6) is 0 Å². The van der Waals surface area contributed by atoms with Crippen molar-refractivity contribution >= 4 is 5.91 Å². The topological polar surface area (TPSA) is 49.3 Å². The van der Waals surface area contributed by atoms with E-state index in [1.165, 1.54) is 0 Å². The van der Waals surface area contributed by atoms with Crippen LogP contribution in [0, 0.1) is 5.92 Å². The SMILES string of the molecule is CC[C@@H]1CNC(=O)C[C@@H]1O. The van der Waals surface area contributed by atoms with Crippen molar-refractivity contribution in [1.29, 1.82) is 0 Å². The summed E-state index contributed by atoms with van der Waals surface area (Å²) in [5.74, 6) is 0.231. The quantitative estimate of drug-likeness (QED) is 0.538. The molecule has 10 heavy (non-hydrogen) atoms. The Bertz CT molecular complexity index is 136. The molecule has 0 aromatic rings. The third kappa shape index (κ3) is 1.48. The van der Waals surface area contributed by atoms with Crippen LogP contribution in [0.15, 0.2) is 0 Å². The number of aliphatic hydroxyl groups is 1. The van der Waals surface area contributed by atoms with E-state index in [0.717, 1.165) is 6.42 Å². The maximum atomic E-state index is 10.7. The van der Waals surface area contributed by atoms with Crippen LogP contribution in [0.4, 0.5) is 0 Å².